The van der Waals surface area contributed by atoms with Crippen LogP contribution in [0.1, 0.15) is 25.6 Å². The summed E-state index contributed by atoms with van der Waals surface area (Å²) in [5.74, 6) is 0.260. The van der Waals surface area contributed by atoms with Crippen molar-refractivity contribution in [3.05, 3.63) is 21.3 Å². The third-order valence-corrected chi connectivity index (χ3v) is 4.19. The highest BCUT2D eigenvalue weighted by molar-refractivity contribution is 7.16. The molecule has 1 aromatic heterocycles. The summed E-state index contributed by atoms with van der Waals surface area (Å²) in [6.07, 6.45) is 0.964. The fraction of sp³-hybridized carbons (Fsp3) is 0.667. The second-order valence-electron chi connectivity index (χ2n) is 4.64. The fourth-order valence-electron chi connectivity index (χ4n) is 1.24. The molecular formula is C12H20ClNOS. The molecule has 0 saturated carbocycles. The van der Waals surface area contributed by atoms with Crippen molar-refractivity contribution in [2.24, 2.45) is 5.92 Å². The van der Waals surface area contributed by atoms with Crippen LogP contribution in [-0.4, -0.2) is 23.8 Å². The maximum absolute atomic E-state index is 10.0. The minimum absolute atomic E-state index is 0.260. The predicted octanol–water partition coefficient (Wildman–Crippen LogP) is 2.94. The Morgan fingerprint density at radius 1 is 1.50 bits per heavy atom. The number of hydrogen-bond acceptors (Lipinski definition) is 3. The zero-order valence-electron chi connectivity index (χ0n) is 10.1. The quantitative estimate of drug-likeness (QED) is 0.772. The van der Waals surface area contributed by atoms with Gasteiger partial charge in [0.05, 0.1) is 9.94 Å². The summed E-state index contributed by atoms with van der Waals surface area (Å²) in [7, 11) is 0. The molecule has 0 aliphatic heterocycles. The van der Waals surface area contributed by atoms with Crippen molar-refractivity contribution in [2.45, 2.75) is 32.8 Å². The van der Waals surface area contributed by atoms with Crippen LogP contribution >= 0.6 is 22.9 Å². The van der Waals surface area contributed by atoms with E-state index in [1.54, 1.807) is 11.3 Å². The van der Waals surface area contributed by atoms with E-state index in [4.69, 9.17) is 11.6 Å². The average molecular weight is 262 g/mol. The number of thiophene rings is 1. The van der Waals surface area contributed by atoms with Gasteiger partial charge in [0.25, 0.3) is 0 Å². The highest BCUT2D eigenvalue weighted by Crippen LogP contribution is 2.21. The van der Waals surface area contributed by atoms with Crippen LogP contribution in [0.4, 0.5) is 0 Å². The van der Waals surface area contributed by atoms with Crippen LogP contribution in [0.3, 0.4) is 0 Å². The second kappa shape index (κ2) is 6.01. The molecule has 1 rings (SSSR count). The normalized spacial score (nSPS) is 15.4. The smallest absolute Gasteiger partial charge is 0.0931 e. The molecule has 1 aromatic rings. The summed E-state index contributed by atoms with van der Waals surface area (Å²) < 4.78 is 0.837. The van der Waals surface area contributed by atoms with Gasteiger partial charge in [0, 0.05) is 18.0 Å². The highest BCUT2D eigenvalue weighted by atomic mass is 35.5. The van der Waals surface area contributed by atoms with Gasteiger partial charge in [0.2, 0.25) is 0 Å². The van der Waals surface area contributed by atoms with E-state index in [9.17, 15) is 5.11 Å². The zero-order valence-corrected chi connectivity index (χ0v) is 11.7. The number of aliphatic hydroxyl groups is 1. The van der Waals surface area contributed by atoms with Crippen molar-refractivity contribution in [1.82, 2.24) is 5.32 Å². The second-order valence-corrected chi connectivity index (χ2v) is 6.44. The Bertz CT molecular complexity index is 323. The van der Waals surface area contributed by atoms with Gasteiger partial charge < -0.3 is 10.4 Å². The third-order valence-electron chi connectivity index (χ3n) is 2.90. The van der Waals surface area contributed by atoms with E-state index in [0.29, 0.717) is 6.54 Å². The predicted molar refractivity (Wildman–Crippen MR) is 71.4 cm³/mol. The van der Waals surface area contributed by atoms with Gasteiger partial charge in [-0.2, -0.15) is 0 Å². The first-order valence-electron chi connectivity index (χ1n) is 5.59. The van der Waals surface area contributed by atoms with Crippen LogP contribution in [0, 0.1) is 5.92 Å². The minimum Gasteiger partial charge on any atom is -0.389 e. The number of rotatable bonds is 6. The Kier molecular flexibility index (Phi) is 5.25. The van der Waals surface area contributed by atoms with E-state index in [1.807, 2.05) is 26.8 Å². The van der Waals surface area contributed by atoms with Crippen molar-refractivity contribution in [2.75, 3.05) is 13.1 Å². The zero-order chi connectivity index (χ0) is 12.2. The van der Waals surface area contributed by atoms with Gasteiger partial charge in [-0.1, -0.05) is 25.4 Å². The van der Waals surface area contributed by atoms with Gasteiger partial charge >= 0.3 is 0 Å². The van der Waals surface area contributed by atoms with Crippen LogP contribution in [0.15, 0.2) is 12.1 Å². The highest BCUT2D eigenvalue weighted by Gasteiger charge is 2.23. The Morgan fingerprint density at radius 2 is 2.19 bits per heavy atom. The molecule has 4 heteroatoms. The molecule has 2 N–H and O–H groups in total. The van der Waals surface area contributed by atoms with Crippen molar-refractivity contribution >= 4 is 22.9 Å². The number of nitrogens with one attached hydrogen (secondary N) is 1. The van der Waals surface area contributed by atoms with Crippen LogP contribution in [0.2, 0.25) is 4.34 Å². The standard InChI is InChI=1S/C12H20ClNOS/c1-9(2)12(3,15)8-14-7-6-10-4-5-11(13)16-10/h4-5,9,14-15H,6-8H2,1-3H3. The number of hydrogen-bond donors (Lipinski definition) is 2. The molecule has 0 saturated heterocycles. The van der Waals surface area contributed by atoms with Gasteiger partial charge in [-0.05, 0) is 31.4 Å². The number of halogens is 1. The Labute approximate surface area is 107 Å². The maximum Gasteiger partial charge on any atom is 0.0931 e. The summed E-state index contributed by atoms with van der Waals surface area (Å²) in [6, 6.07) is 3.97. The van der Waals surface area contributed by atoms with Crippen molar-refractivity contribution in [3.63, 3.8) is 0 Å². The van der Waals surface area contributed by atoms with Crippen LogP contribution in [0.25, 0.3) is 0 Å². The molecule has 16 heavy (non-hydrogen) atoms. The molecule has 1 atom stereocenters. The third kappa shape index (κ3) is 4.42. The molecule has 1 heterocycles. The lowest BCUT2D eigenvalue weighted by molar-refractivity contribution is 0.0145. The molecule has 0 fully saturated rings. The summed E-state index contributed by atoms with van der Waals surface area (Å²) in [4.78, 5) is 1.28. The molecule has 0 aliphatic rings. The van der Waals surface area contributed by atoms with Crippen molar-refractivity contribution in [3.8, 4) is 0 Å². The first-order chi connectivity index (χ1) is 7.42. The van der Waals surface area contributed by atoms with E-state index < -0.39 is 5.60 Å². The molecule has 1 unspecified atom stereocenters. The minimum atomic E-state index is -0.632. The summed E-state index contributed by atoms with van der Waals surface area (Å²) in [5, 5.41) is 13.3. The molecule has 0 bridgehead atoms. The van der Waals surface area contributed by atoms with E-state index in [1.165, 1.54) is 4.88 Å². The summed E-state index contributed by atoms with van der Waals surface area (Å²) >= 11 is 7.46. The lowest BCUT2D eigenvalue weighted by Crippen LogP contribution is -2.42. The monoisotopic (exact) mass is 261 g/mol. The topological polar surface area (TPSA) is 32.3 Å². The van der Waals surface area contributed by atoms with Gasteiger partial charge in [-0.15, -0.1) is 11.3 Å². The fourth-order valence-corrected chi connectivity index (χ4v) is 2.33. The summed E-state index contributed by atoms with van der Waals surface area (Å²) in [6.45, 7) is 7.43. The lowest BCUT2D eigenvalue weighted by Gasteiger charge is -2.27. The van der Waals surface area contributed by atoms with Gasteiger partial charge in [0.15, 0.2) is 0 Å². The van der Waals surface area contributed by atoms with Gasteiger partial charge in [0.1, 0.15) is 0 Å². The first kappa shape index (κ1) is 14.0. The van der Waals surface area contributed by atoms with E-state index in [0.717, 1.165) is 17.3 Å². The van der Waals surface area contributed by atoms with Crippen molar-refractivity contribution < 1.29 is 5.11 Å². The molecule has 92 valence electrons. The lowest BCUT2D eigenvalue weighted by atomic mass is 9.92. The van der Waals surface area contributed by atoms with Gasteiger partial charge in [-0.25, -0.2) is 0 Å². The van der Waals surface area contributed by atoms with Gasteiger partial charge in [-0.3, -0.25) is 0 Å². The van der Waals surface area contributed by atoms with Crippen LogP contribution < -0.4 is 5.32 Å². The molecule has 0 radical (unpaired) electrons. The molecular weight excluding hydrogens is 242 g/mol. The average Bonchev–Trinajstić information content (AvgIpc) is 2.59. The first-order valence-corrected chi connectivity index (χ1v) is 6.78. The molecule has 0 aliphatic carbocycles. The molecule has 0 aromatic carbocycles. The summed E-state index contributed by atoms with van der Waals surface area (Å²) in [5.41, 5.74) is -0.632. The van der Waals surface area contributed by atoms with Crippen LogP contribution in [0.5, 0.6) is 0 Å². The van der Waals surface area contributed by atoms with Crippen LogP contribution in [-0.2, 0) is 6.42 Å². The maximum atomic E-state index is 10.0. The largest absolute Gasteiger partial charge is 0.389 e. The Morgan fingerprint density at radius 3 is 2.69 bits per heavy atom. The van der Waals surface area contributed by atoms with Crippen molar-refractivity contribution in [1.29, 1.82) is 0 Å². The molecule has 2 nitrogen and oxygen atoms in total. The molecule has 0 amide bonds. The van der Waals surface area contributed by atoms with E-state index in [-0.39, 0.29) is 5.92 Å². The van der Waals surface area contributed by atoms with E-state index in [2.05, 4.69) is 11.4 Å². The Hall–Kier alpha value is -0.0900. The van der Waals surface area contributed by atoms with E-state index >= 15 is 0 Å². The SMILES string of the molecule is CC(C)C(C)(O)CNCCc1ccc(Cl)s1. The Balaban J connectivity index is 2.22. The molecule has 0 spiro atoms.